The van der Waals surface area contributed by atoms with Crippen LogP contribution in [0.15, 0.2) is 23.7 Å². The van der Waals surface area contributed by atoms with Gasteiger partial charge in [-0.3, -0.25) is 4.98 Å². The highest BCUT2D eigenvalue weighted by molar-refractivity contribution is 7.17. The van der Waals surface area contributed by atoms with Crippen molar-refractivity contribution in [2.75, 3.05) is 57.4 Å². The van der Waals surface area contributed by atoms with Crippen molar-refractivity contribution < 1.29 is 9.53 Å². The lowest BCUT2D eigenvalue weighted by Crippen LogP contribution is -2.49. The molecule has 0 aromatic carbocycles. The molecule has 0 saturated carbocycles. The first-order chi connectivity index (χ1) is 11.8. The molecule has 2 amide bonds. The van der Waals surface area contributed by atoms with Crippen LogP contribution in [0.1, 0.15) is 6.42 Å². The number of aromatic nitrogens is 1. The minimum atomic E-state index is 0.163. The molecule has 2 saturated heterocycles. The van der Waals surface area contributed by atoms with Gasteiger partial charge >= 0.3 is 6.03 Å². The fourth-order valence-corrected chi connectivity index (χ4v) is 4.31. The number of carbonyl (C=O) groups is 1. The predicted molar refractivity (Wildman–Crippen MR) is 95.8 cm³/mol. The van der Waals surface area contributed by atoms with Gasteiger partial charge in [0.1, 0.15) is 0 Å². The summed E-state index contributed by atoms with van der Waals surface area (Å²) in [5, 5.41) is 2.09. The third-order valence-corrected chi connectivity index (χ3v) is 5.64. The first kappa shape index (κ1) is 15.7. The van der Waals surface area contributed by atoms with Gasteiger partial charge in [0.05, 0.1) is 29.1 Å². The fourth-order valence-electron chi connectivity index (χ4n) is 3.41. The molecule has 128 valence electrons. The molecule has 0 unspecified atom stereocenters. The molecule has 4 heterocycles. The van der Waals surface area contributed by atoms with Gasteiger partial charge in [-0.05, 0) is 23.9 Å². The summed E-state index contributed by atoms with van der Waals surface area (Å²) in [6.45, 7) is 6.16. The summed E-state index contributed by atoms with van der Waals surface area (Å²) in [7, 11) is 0. The van der Waals surface area contributed by atoms with Gasteiger partial charge in [-0.2, -0.15) is 0 Å². The number of thiophene rings is 1. The quantitative estimate of drug-likeness (QED) is 0.795. The van der Waals surface area contributed by atoms with E-state index in [-0.39, 0.29) is 6.03 Å². The molecule has 2 aromatic heterocycles. The van der Waals surface area contributed by atoms with Crippen LogP contribution in [0, 0.1) is 0 Å². The van der Waals surface area contributed by atoms with Crippen LogP contribution in [0.5, 0.6) is 0 Å². The van der Waals surface area contributed by atoms with Crippen LogP contribution in [0.4, 0.5) is 10.5 Å². The van der Waals surface area contributed by atoms with E-state index in [0.717, 1.165) is 38.1 Å². The Morgan fingerprint density at radius 2 is 1.88 bits per heavy atom. The zero-order valence-electron chi connectivity index (χ0n) is 13.7. The summed E-state index contributed by atoms with van der Waals surface area (Å²) in [5.74, 6) is 0. The average Bonchev–Trinajstić information content (AvgIpc) is 2.99. The molecule has 2 aromatic rings. The van der Waals surface area contributed by atoms with Crippen molar-refractivity contribution in [1.82, 2.24) is 14.8 Å². The number of pyridine rings is 1. The highest BCUT2D eigenvalue weighted by Crippen LogP contribution is 2.30. The van der Waals surface area contributed by atoms with E-state index in [4.69, 9.17) is 4.74 Å². The Morgan fingerprint density at radius 3 is 2.75 bits per heavy atom. The van der Waals surface area contributed by atoms with Gasteiger partial charge in [0.2, 0.25) is 0 Å². The Balaban J connectivity index is 1.46. The van der Waals surface area contributed by atoms with Gasteiger partial charge in [-0.15, -0.1) is 11.3 Å². The van der Waals surface area contributed by atoms with E-state index >= 15 is 0 Å². The lowest BCUT2D eigenvalue weighted by atomic mass is 10.3. The van der Waals surface area contributed by atoms with Crippen molar-refractivity contribution in [3.8, 4) is 0 Å². The summed E-state index contributed by atoms with van der Waals surface area (Å²) in [6.07, 6.45) is 2.87. The second kappa shape index (κ2) is 6.94. The van der Waals surface area contributed by atoms with Crippen molar-refractivity contribution in [3.05, 3.63) is 23.7 Å². The standard InChI is InChI=1S/C17H22N4O2S/c22-17(21-9-11-23-12-10-21)20-6-1-5-19(7-8-20)15-2-4-18-14-3-13-24-16(14)15/h2-4,13H,1,5-12H2. The average molecular weight is 346 g/mol. The molecular formula is C17H22N4O2S. The zero-order chi connectivity index (χ0) is 16.4. The number of rotatable bonds is 1. The van der Waals surface area contributed by atoms with E-state index in [1.54, 1.807) is 11.3 Å². The van der Waals surface area contributed by atoms with Crippen molar-refractivity contribution in [3.63, 3.8) is 0 Å². The number of hydrogen-bond donors (Lipinski definition) is 0. The summed E-state index contributed by atoms with van der Waals surface area (Å²) in [4.78, 5) is 23.4. The van der Waals surface area contributed by atoms with Crippen LogP contribution in [0.3, 0.4) is 0 Å². The highest BCUT2D eigenvalue weighted by Gasteiger charge is 2.25. The fraction of sp³-hybridized carbons (Fsp3) is 0.529. The van der Waals surface area contributed by atoms with Crippen molar-refractivity contribution in [2.24, 2.45) is 0 Å². The first-order valence-corrected chi connectivity index (χ1v) is 9.39. The summed E-state index contributed by atoms with van der Waals surface area (Å²) < 4.78 is 6.59. The van der Waals surface area contributed by atoms with E-state index in [1.165, 1.54) is 10.4 Å². The second-order valence-corrected chi connectivity index (χ2v) is 7.09. The molecule has 0 spiro atoms. The maximum absolute atomic E-state index is 12.7. The van der Waals surface area contributed by atoms with Gasteiger partial charge in [0.15, 0.2) is 0 Å². The Kier molecular flexibility index (Phi) is 4.53. The Labute approximate surface area is 145 Å². The number of fused-ring (bicyclic) bond motifs is 1. The number of urea groups is 1. The van der Waals surface area contributed by atoms with Gasteiger partial charge in [-0.25, -0.2) is 4.79 Å². The highest BCUT2D eigenvalue weighted by atomic mass is 32.1. The first-order valence-electron chi connectivity index (χ1n) is 8.52. The molecule has 4 rings (SSSR count). The van der Waals surface area contributed by atoms with Crippen LogP contribution in [-0.2, 0) is 4.74 Å². The molecule has 0 aliphatic carbocycles. The number of anilines is 1. The molecule has 2 fully saturated rings. The van der Waals surface area contributed by atoms with Gasteiger partial charge in [0, 0.05) is 45.5 Å². The molecule has 0 atom stereocenters. The van der Waals surface area contributed by atoms with Crippen LogP contribution >= 0.6 is 11.3 Å². The topological polar surface area (TPSA) is 48.9 Å². The summed E-state index contributed by atoms with van der Waals surface area (Å²) in [6, 6.07) is 4.32. The smallest absolute Gasteiger partial charge is 0.320 e. The van der Waals surface area contributed by atoms with Crippen molar-refractivity contribution >= 4 is 33.3 Å². The molecule has 2 aliphatic heterocycles. The Hall–Kier alpha value is -1.86. The zero-order valence-corrected chi connectivity index (χ0v) is 14.5. The van der Waals surface area contributed by atoms with E-state index in [2.05, 4.69) is 27.4 Å². The second-order valence-electron chi connectivity index (χ2n) is 6.17. The summed E-state index contributed by atoms with van der Waals surface area (Å²) >= 11 is 1.74. The number of hydrogen-bond acceptors (Lipinski definition) is 5. The third-order valence-electron chi connectivity index (χ3n) is 4.71. The third kappa shape index (κ3) is 3.06. The number of carbonyl (C=O) groups excluding carboxylic acids is 1. The van der Waals surface area contributed by atoms with Crippen LogP contribution in [0.25, 0.3) is 10.2 Å². The molecule has 6 nitrogen and oxygen atoms in total. The van der Waals surface area contributed by atoms with E-state index < -0.39 is 0 Å². The molecule has 0 N–H and O–H groups in total. The lowest BCUT2D eigenvalue weighted by Gasteiger charge is -2.32. The minimum Gasteiger partial charge on any atom is -0.378 e. The monoisotopic (exact) mass is 346 g/mol. The predicted octanol–water partition coefficient (Wildman–Crippen LogP) is 2.26. The van der Waals surface area contributed by atoms with Gasteiger partial charge in [0.25, 0.3) is 0 Å². The number of ether oxygens (including phenoxy) is 1. The number of amides is 2. The Morgan fingerprint density at radius 1 is 1.04 bits per heavy atom. The maximum atomic E-state index is 12.7. The lowest BCUT2D eigenvalue weighted by molar-refractivity contribution is 0.0438. The molecular weight excluding hydrogens is 324 g/mol. The maximum Gasteiger partial charge on any atom is 0.320 e. The van der Waals surface area contributed by atoms with Crippen molar-refractivity contribution in [2.45, 2.75) is 6.42 Å². The summed E-state index contributed by atoms with van der Waals surface area (Å²) in [5.41, 5.74) is 2.30. The molecule has 7 heteroatoms. The van der Waals surface area contributed by atoms with Crippen LogP contribution < -0.4 is 4.90 Å². The largest absolute Gasteiger partial charge is 0.378 e. The molecule has 24 heavy (non-hydrogen) atoms. The molecule has 0 radical (unpaired) electrons. The van der Waals surface area contributed by atoms with Crippen molar-refractivity contribution in [1.29, 1.82) is 0 Å². The van der Waals surface area contributed by atoms with E-state index in [9.17, 15) is 4.79 Å². The minimum absolute atomic E-state index is 0.163. The SMILES string of the molecule is O=C(N1CCOCC1)N1CCCN(c2ccnc3ccsc23)CC1. The van der Waals surface area contributed by atoms with Crippen LogP contribution in [-0.4, -0.2) is 73.3 Å². The normalized spacial score (nSPS) is 19.6. The Bertz CT molecular complexity index is 713. The number of nitrogens with zero attached hydrogens (tertiary/aromatic N) is 4. The molecule has 2 aliphatic rings. The van der Waals surface area contributed by atoms with Gasteiger partial charge in [-0.1, -0.05) is 0 Å². The van der Waals surface area contributed by atoms with E-state index in [1.807, 2.05) is 16.0 Å². The van der Waals surface area contributed by atoms with Crippen LogP contribution in [0.2, 0.25) is 0 Å². The van der Waals surface area contributed by atoms with E-state index in [0.29, 0.717) is 26.3 Å². The van der Waals surface area contributed by atoms with Gasteiger partial charge < -0.3 is 19.4 Å². The number of morpholine rings is 1. The molecule has 0 bridgehead atoms.